The van der Waals surface area contributed by atoms with Gasteiger partial charge in [-0.25, -0.2) is 4.39 Å². The summed E-state index contributed by atoms with van der Waals surface area (Å²) in [7, 11) is 1.68. The first-order chi connectivity index (χ1) is 14.7. The third-order valence-electron chi connectivity index (χ3n) is 5.58. The van der Waals surface area contributed by atoms with E-state index in [0.717, 1.165) is 37.6 Å². The molecule has 0 amide bonds. The van der Waals surface area contributed by atoms with Crippen molar-refractivity contribution in [1.82, 2.24) is 9.47 Å². The minimum atomic E-state index is -0.253. The summed E-state index contributed by atoms with van der Waals surface area (Å²) in [5.74, 6) is 0.673. The summed E-state index contributed by atoms with van der Waals surface area (Å²) in [6.07, 6.45) is 1.83. The van der Waals surface area contributed by atoms with E-state index in [1.165, 1.54) is 6.07 Å². The van der Waals surface area contributed by atoms with Gasteiger partial charge < -0.3 is 14.2 Å². The Bertz CT molecular complexity index is 1010. The average molecular weight is 407 g/mol. The van der Waals surface area contributed by atoms with Gasteiger partial charge in [-0.05, 0) is 30.3 Å². The van der Waals surface area contributed by atoms with E-state index in [2.05, 4.69) is 15.9 Å². The third kappa shape index (κ3) is 4.39. The van der Waals surface area contributed by atoms with Gasteiger partial charge in [0.2, 0.25) is 0 Å². The molecule has 1 saturated heterocycles. The molecule has 0 bridgehead atoms. The predicted molar refractivity (Wildman–Crippen MR) is 116 cm³/mol. The second kappa shape index (κ2) is 9.13. The van der Waals surface area contributed by atoms with Crippen molar-refractivity contribution in [2.75, 3.05) is 44.7 Å². The monoisotopic (exact) mass is 407 g/mol. The molecule has 156 valence electrons. The van der Waals surface area contributed by atoms with Crippen molar-refractivity contribution in [2.24, 2.45) is 0 Å². The van der Waals surface area contributed by atoms with E-state index in [0.29, 0.717) is 24.3 Å². The maximum atomic E-state index is 14.0. The number of methoxy groups -OCH3 is 1. The number of hydrogen-bond donors (Lipinski definition) is 0. The molecule has 0 atom stereocenters. The molecule has 6 heteroatoms. The molecule has 0 radical (unpaired) electrons. The second-order valence-electron chi connectivity index (χ2n) is 7.47. The number of hydrogen-bond acceptors (Lipinski definition) is 4. The molecule has 1 aromatic heterocycles. The zero-order valence-electron chi connectivity index (χ0n) is 17.1. The molecule has 0 aliphatic carbocycles. The number of Topliss-reactive ketones (excluding diaryl/α,β-unsaturated/α-hetero) is 1. The highest BCUT2D eigenvalue weighted by Gasteiger charge is 2.22. The molecule has 2 aromatic carbocycles. The van der Waals surface area contributed by atoms with Crippen LogP contribution in [0.3, 0.4) is 0 Å². The number of rotatable bonds is 7. The highest BCUT2D eigenvalue weighted by molar-refractivity contribution is 5.96. The number of ketones is 1. The molecule has 0 N–H and O–H groups in total. The Morgan fingerprint density at radius 2 is 1.70 bits per heavy atom. The number of piperazine rings is 1. The van der Waals surface area contributed by atoms with E-state index >= 15 is 0 Å². The SMILES string of the molecule is COc1ccccc1N1CCN(CC(=O)c2cccn2Cc2ccccc2F)CC1. The summed E-state index contributed by atoms with van der Waals surface area (Å²) < 4.78 is 21.3. The van der Waals surface area contributed by atoms with E-state index in [1.807, 2.05) is 47.2 Å². The highest BCUT2D eigenvalue weighted by Crippen LogP contribution is 2.28. The van der Waals surface area contributed by atoms with Gasteiger partial charge in [-0.1, -0.05) is 30.3 Å². The molecule has 0 unspecified atom stereocenters. The number of nitrogens with zero attached hydrogens (tertiary/aromatic N) is 3. The van der Waals surface area contributed by atoms with Gasteiger partial charge in [0.25, 0.3) is 0 Å². The minimum absolute atomic E-state index is 0.0575. The second-order valence-corrected chi connectivity index (χ2v) is 7.47. The van der Waals surface area contributed by atoms with Gasteiger partial charge in [-0.15, -0.1) is 0 Å². The van der Waals surface area contributed by atoms with Crippen molar-refractivity contribution in [3.8, 4) is 5.75 Å². The van der Waals surface area contributed by atoms with Crippen LogP contribution in [0.5, 0.6) is 5.75 Å². The van der Waals surface area contributed by atoms with E-state index in [-0.39, 0.29) is 11.6 Å². The maximum absolute atomic E-state index is 14.0. The van der Waals surface area contributed by atoms with Gasteiger partial charge in [0.15, 0.2) is 5.78 Å². The predicted octanol–water partition coefficient (Wildman–Crippen LogP) is 3.69. The Balaban J connectivity index is 1.37. The van der Waals surface area contributed by atoms with Crippen LogP contribution in [-0.2, 0) is 6.54 Å². The van der Waals surface area contributed by atoms with Crippen LogP contribution in [0, 0.1) is 5.82 Å². The first kappa shape index (κ1) is 20.2. The van der Waals surface area contributed by atoms with Gasteiger partial charge in [0.05, 0.1) is 31.6 Å². The Hall–Kier alpha value is -3.12. The molecular formula is C24H26FN3O2. The summed E-state index contributed by atoms with van der Waals surface area (Å²) in [5, 5.41) is 0. The highest BCUT2D eigenvalue weighted by atomic mass is 19.1. The lowest BCUT2D eigenvalue weighted by atomic mass is 10.2. The largest absolute Gasteiger partial charge is 0.495 e. The Morgan fingerprint density at radius 1 is 0.967 bits per heavy atom. The van der Waals surface area contributed by atoms with Crippen LogP contribution in [0.4, 0.5) is 10.1 Å². The van der Waals surface area contributed by atoms with Crippen molar-refractivity contribution in [3.63, 3.8) is 0 Å². The number of carbonyl (C=O) groups is 1. The van der Waals surface area contributed by atoms with Crippen LogP contribution in [-0.4, -0.2) is 55.1 Å². The van der Waals surface area contributed by atoms with Gasteiger partial charge in [0, 0.05) is 37.9 Å². The zero-order valence-corrected chi connectivity index (χ0v) is 17.1. The lowest BCUT2D eigenvalue weighted by Crippen LogP contribution is -2.48. The standard InChI is InChI=1S/C24H26FN3O2/c1-30-24-11-5-4-9-22(24)27-15-13-26(14-16-27)18-23(29)21-10-6-12-28(21)17-19-7-2-3-8-20(19)25/h2-12H,13-18H2,1H3. The number of carbonyl (C=O) groups excluding carboxylic acids is 1. The van der Waals surface area contributed by atoms with Gasteiger partial charge in [-0.2, -0.15) is 0 Å². The molecule has 0 saturated carbocycles. The number of halogens is 1. The number of benzene rings is 2. The van der Waals surface area contributed by atoms with Crippen LogP contribution < -0.4 is 9.64 Å². The Labute approximate surface area is 176 Å². The quantitative estimate of drug-likeness (QED) is 0.560. The van der Waals surface area contributed by atoms with E-state index < -0.39 is 0 Å². The Morgan fingerprint density at radius 3 is 2.47 bits per heavy atom. The summed E-state index contributed by atoms with van der Waals surface area (Å²) in [5.41, 5.74) is 2.28. The molecule has 1 aliphatic heterocycles. The van der Waals surface area contributed by atoms with Crippen molar-refractivity contribution < 1.29 is 13.9 Å². The molecule has 1 aliphatic rings. The van der Waals surface area contributed by atoms with Crippen LogP contribution in [0.1, 0.15) is 16.1 Å². The fraction of sp³-hybridized carbons (Fsp3) is 0.292. The molecular weight excluding hydrogens is 381 g/mol. The fourth-order valence-electron chi connectivity index (χ4n) is 3.94. The van der Waals surface area contributed by atoms with E-state index in [4.69, 9.17) is 4.74 Å². The minimum Gasteiger partial charge on any atom is -0.495 e. The molecule has 2 heterocycles. The number of ether oxygens (including phenoxy) is 1. The van der Waals surface area contributed by atoms with Crippen LogP contribution in [0.15, 0.2) is 66.9 Å². The topological polar surface area (TPSA) is 37.7 Å². The number of aromatic nitrogens is 1. The van der Waals surface area contributed by atoms with Crippen molar-refractivity contribution in [2.45, 2.75) is 6.54 Å². The molecule has 5 nitrogen and oxygen atoms in total. The number of para-hydroxylation sites is 2. The molecule has 3 aromatic rings. The van der Waals surface area contributed by atoms with Crippen molar-refractivity contribution in [3.05, 3.63) is 83.9 Å². The Kier molecular flexibility index (Phi) is 6.14. The van der Waals surface area contributed by atoms with Crippen molar-refractivity contribution in [1.29, 1.82) is 0 Å². The lowest BCUT2D eigenvalue weighted by Gasteiger charge is -2.36. The lowest BCUT2D eigenvalue weighted by molar-refractivity contribution is 0.0917. The average Bonchev–Trinajstić information content (AvgIpc) is 3.24. The maximum Gasteiger partial charge on any atom is 0.193 e. The first-order valence-electron chi connectivity index (χ1n) is 10.2. The number of anilines is 1. The summed E-state index contributed by atoms with van der Waals surface area (Å²) >= 11 is 0. The van der Waals surface area contributed by atoms with Crippen LogP contribution >= 0.6 is 0 Å². The molecule has 1 fully saturated rings. The molecule has 4 rings (SSSR count). The van der Waals surface area contributed by atoms with Gasteiger partial charge in [0.1, 0.15) is 11.6 Å². The third-order valence-corrected chi connectivity index (χ3v) is 5.58. The normalized spacial score (nSPS) is 14.7. The van der Waals surface area contributed by atoms with Crippen molar-refractivity contribution >= 4 is 11.5 Å². The molecule has 30 heavy (non-hydrogen) atoms. The van der Waals surface area contributed by atoms with Gasteiger partial charge >= 0.3 is 0 Å². The summed E-state index contributed by atoms with van der Waals surface area (Å²) in [4.78, 5) is 17.4. The summed E-state index contributed by atoms with van der Waals surface area (Å²) in [6.45, 7) is 3.99. The van der Waals surface area contributed by atoms with Crippen LogP contribution in [0.25, 0.3) is 0 Å². The zero-order chi connectivity index (χ0) is 20.9. The fourth-order valence-corrected chi connectivity index (χ4v) is 3.94. The smallest absolute Gasteiger partial charge is 0.193 e. The van der Waals surface area contributed by atoms with E-state index in [9.17, 15) is 9.18 Å². The first-order valence-corrected chi connectivity index (χ1v) is 10.2. The van der Waals surface area contributed by atoms with E-state index in [1.54, 1.807) is 19.2 Å². The van der Waals surface area contributed by atoms with Gasteiger partial charge in [-0.3, -0.25) is 9.69 Å². The molecule has 0 spiro atoms. The summed E-state index contributed by atoms with van der Waals surface area (Å²) in [6, 6.07) is 18.3. The van der Waals surface area contributed by atoms with Crippen LogP contribution in [0.2, 0.25) is 0 Å².